The van der Waals surface area contributed by atoms with Crippen molar-refractivity contribution in [1.82, 2.24) is 9.88 Å². The smallest absolute Gasteiger partial charge is 0.395 e. The molecule has 0 aliphatic rings. The summed E-state index contributed by atoms with van der Waals surface area (Å²) in [6.07, 6.45) is -1.92. The number of aliphatic hydroxyl groups is 1. The van der Waals surface area contributed by atoms with Gasteiger partial charge in [-0.25, -0.2) is 0 Å². The van der Waals surface area contributed by atoms with Gasteiger partial charge in [0.2, 0.25) is 0 Å². The first-order valence-electron chi connectivity index (χ1n) is 4.91. The molecule has 1 aromatic heterocycles. The van der Waals surface area contributed by atoms with Gasteiger partial charge < -0.3 is 10.0 Å². The highest BCUT2D eigenvalue weighted by molar-refractivity contribution is 9.10. The topological polar surface area (TPSA) is 53.4 Å². The third-order valence-corrected chi connectivity index (χ3v) is 2.41. The highest BCUT2D eigenvalue weighted by Crippen LogP contribution is 2.18. The van der Waals surface area contributed by atoms with E-state index in [0.29, 0.717) is 9.37 Å². The number of pyridine rings is 1. The minimum absolute atomic E-state index is 0.0297. The lowest BCUT2D eigenvalue weighted by Crippen LogP contribution is -2.40. The van der Waals surface area contributed by atoms with Crippen molar-refractivity contribution in [3.8, 4) is 0 Å². The zero-order valence-corrected chi connectivity index (χ0v) is 10.7. The maximum absolute atomic E-state index is 12.3. The monoisotopic (exact) mass is 326 g/mol. The molecule has 0 aromatic carbocycles. The number of rotatable bonds is 4. The summed E-state index contributed by atoms with van der Waals surface area (Å²) in [5.41, 5.74) is 0.0297. The first kappa shape index (κ1) is 14.9. The van der Waals surface area contributed by atoms with Gasteiger partial charge in [-0.3, -0.25) is 9.78 Å². The molecule has 0 bridgehead atoms. The van der Waals surface area contributed by atoms with E-state index in [0.717, 1.165) is 0 Å². The molecule has 18 heavy (non-hydrogen) atoms. The molecular weight excluding hydrogens is 317 g/mol. The highest BCUT2D eigenvalue weighted by atomic mass is 79.9. The summed E-state index contributed by atoms with van der Waals surface area (Å²) in [7, 11) is 0. The molecule has 1 amide bonds. The van der Waals surface area contributed by atoms with Gasteiger partial charge in [0.05, 0.1) is 12.2 Å². The van der Waals surface area contributed by atoms with Crippen molar-refractivity contribution < 1.29 is 23.1 Å². The number of carbonyl (C=O) groups is 1. The fourth-order valence-corrected chi connectivity index (χ4v) is 1.67. The van der Waals surface area contributed by atoms with E-state index < -0.39 is 25.2 Å². The number of carbonyl (C=O) groups excluding carboxylic acids is 1. The summed E-state index contributed by atoms with van der Waals surface area (Å²) >= 11 is 3.08. The second-order valence-electron chi connectivity index (χ2n) is 3.46. The van der Waals surface area contributed by atoms with E-state index in [4.69, 9.17) is 5.11 Å². The Bertz CT molecular complexity index is 426. The Morgan fingerprint density at radius 3 is 2.61 bits per heavy atom. The average Bonchev–Trinajstić information content (AvgIpc) is 2.26. The minimum Gasteiger partial charge on any atom is -0.395 e. The lowest BCUT2D eigenvalue weighted by atomic mass is 10.2. The van der Waals surface area contributed by atoms with Gasteiger partial charge in [-0.15, -0.1) is 0 Å². The standard InChI is InChI=1S/C10H10BrF3N2O2/c11-8-3-7(4-15-5-8)9(18)16(1-2-17)6-10(12,13)14/h3-5,17H,1-2,6H2. The molecule has 1 rings (SSSR count). The van der Waals surface area contributed by atoms with Crippen molar-refractivity contribution in [2.45, 2.75) is 6.18 Å². The zero-order valence-electron chi connectivity index (χ0n) is 9.12. The molecule has 1 heterocycles. The second kappa shape index (κ2) is 6.14. The van der Waals surface area contributed by atoms with Gasteiger partial charge in [0.15, 0.2) is 0 Å². The largest absolute Gasteiger partial charge is 0.406 e. The second-order valence-corrected chi connectivity index (χ2v) is 4.37. The Labute approximate surface area is 110 Å². The number of hydrogen-bond acceptors (Lipinski definition) is 3. The van der Waals surface area contributed by atoms with Crippen molar-refractivity contribution in [3.63, 3.8) is 0 Å². The van der Waals surface area contributed by atoms with Crippen LogP contribution in [-0.4, -0.2) is 46.8 Å². The third kappa shape index (κ3) is 4.61. The zero-order chi connectivity index (χ0) is 13.8. The van der Waals surface area contributed by atoms with Crippen LogP contribution in [0.1, 0.15) is 10.4 Å². The Kier molecular flexibility index (Phi) is 5.09. The molecule has 0 aliphatic carbocycles. The number of aliphatic hydroxyl groups excluding tert-OH is 1. The average molecular weight is 327 g/mol. The van der Waals surface area contributed by atoms with E-state index in [1.807, 2.05) is 0 Å². The van der Waals surface area contributed by atoms with Crippen LogP contribution in [0.15, 0.2) is 22.9 Å². The van der Waals surface area contributed by atoms with Gasteiger partial charge >= 0.3 is 6.18 Å². The van der Waals surface area contributed by atoms with Crippen molar-refractivity contribution in [2.75, 3.05) is 19.7 Å². The highest BCUT2D eigenvalue weighted by Gasteiger charge is 2.33. The summed E-state index contributed by atoms with van der Waals surface area (Å²) in [5.74, 6) is -0.824. The normalized spacial score (nSPS) is 11.4. The number of hydrogen-bond donors (Lipinski definition) is 1. The van der Waals surface area contributed by atoms with E-state index in [9.17, 15) is 18.0 Å². The maximum atomic E-state index is 12.3. The first-order valence-corrected chi connectivity index (χ1v) is 5.70. The molecule has 0 saturated heterocycles. The first-order chi connectivity index (χ1) is 8.33. The van der Waals surface area contributed by atoms with Gasteiger partial charge in [0.25, 0.3) is 5.91 Å². The lowest BCUT2D eigenvalue weighted by molar-refractivity contribution is -0.141. The number of nitrogens with zero attached hydrogens (tertiary/aromatic N) is 2. The molecule has 8 heteroatoms. The molecule has 0 spiro atoms. The third-order valence-electron chi connectivity index (χ3n) is 1.98. The minimum atomic E-state index is -4.51. The Morgan fingerprint density at radius 2 is 2.11 bits per heavy atom. The molecule has 0 radical (unpaired) electrons. The Morgan fingerprint density at radius 1 is 1.44 bits per heavy atom. The summed E-state index contributed by atoms with van der Waals surface area (Å²) in [5, 5.41) is 8.70. The van der Waals surface area contributed by atoms with Crippen LogP contribution in [0.2, 0.25) is 0 Å². The predicted octanol–water partition coefficient (Wildman–Crippen LogP) is 1.84. The fraction of sp³-hybridized carbons (Fsp3) is 0.400. The number of halogens is 4. The van der Waals surface area contributed by atoms with Crippen LogP contribution in [0.5, 0.6) is 0 Å². The molecule has 0 aliphatic heterocycles. The van der Waals surface area contributed by atoms with Crippen LogP contribution < -0.4 is 0 Å². The van der Waals surface area contributed by atoms with E-state index in [1.165, 1.54) is 18.5 Å². The number of aromatic nitrogens is 1. The number of amides is 1. The van der Waals surface area contributed by atoms with Gasteiger partial charge in [0, 0.05) is 23.4 Å². The molecule has 0 saturated carbocycles. The van der Waals surface area contributed by atoms with Gasteiger partial charge in [-0.2, -0.15) is 13.2 Å². The fourth-order valence-electron chi connectivity index (χ4n) is 1.30. The molecule has 0 atom stereocenters. The van der Waals surface area contributed by atoms with Gasteiger partial charge in [-0.05, 0) is 22.0 Å². The van der Waals surface area contributed by atoms with Crippen LogP contribution in [0.4, 0.5) is 13.2 Å². The molecule has 4 nitrogen and oxygen atoms in total. The van der Waals surface area contributed by atoms with E-state index >= 15 is 0 Å². The van der Waals surface area contributed by atoms with Crippen LogP contribution in [0.25, 0.3) is 0 Å². The predicted molar refractivity (Wildman–Crippen MR) is 61.0 cm³/mol. The number of alkyl halides is 3. The van der Waals surface area contributed by atoms with Crippen LogP contribution in [0, 0.1) is 0 Å². The van der Waals surface area contributed by atoms with Crippen LogP contribution in [-0.2, 0) is 0 Å². The van der Waals surface area contributed by atoms with Crippen LogP contribution >= 0.6 is 15.9 Å². The lowest BCUT2D eigenvalue weighted by Gasteiger charge is -2.23. The SMILES string of the molecule is O=C(c1cncc(Br)c1)N(CCO)CC(F)(F)F. The van der Waals surface area contributed by atoms with Crippen molar-refractivity contribution in [2.24, 2.45) is 0 Å². The van der Waals surface area contributed by atoms with Crippen LogP contribution in [0.3, 0.4) is 0 Å². The summed E-state index contributed by atoms with van der Waals surface area (Å²) in [6, 6.07) is 1.37. The summed E-state index contributed by atoms with van der Waals surface area (Å²) < 4.78 is 37.3. The van der Waals surface area contributed by atoms with E-state index in [1.54, 1.807) is 0 Å². The van der Waals surface area contributed by atoms with Crippen molar-refractivity contribution >= 4 is 21.8 Å². The molecule has 1 aromatic rings. The quantitative estimate of drug-likeness (QED) is 0.918. The molecule has 0 unspecified atom stereocenters. The van der Waals surface area contributed by atoms with Gasteiger partial charge in [0.1, 0.15) is 6.54 Å². The Hall–Kier alpha value is -1.15. The van der Waals surface area contributed by atoms with Crippen molar-refractivity contribution in [3.05, 3.63) is 28.5 Å². The molecule has 1 N–H and O–H groups in total. The summed E-state index contributed by atoms with van der Waals surface area (Å²) in [6.45, 7) is -2.33. The van der Waals surface area contributed by atoms with Crippen molar-refractivity contribution in [1.29, 1.82) is 0 Å². The molecular formula is C10H10BrF3N2O2. The summed E-state index contributed by atoms with van der Waals surface area (Å²) in [4.78, 5) is 16.1. The van der Waals surface area contributed by atoms with Gasteiger partial charge in [-0.1, -0.05) is 0 Å². The molecule has 100 valence electrons. The molecule has 0 fully saturated rings. The maximum Gasteiger partial charge on any atom is 0.406 e. The Balaban J connectivity index is 2.89. The van der Waals surface area contributed by atoms with E-state index in [2.05, 4.69) is 20.9 Å². The van der Waals surface area contributed by atoms with E-state index in [-0.39, 0.29) is 12.1 Å².